The minimum absolute atomic E-state index is 0.352. The van der Waals surface area contributed by atoms with E-state index >= 15 is 0 Å². The summed E-state index contributed by atoms with van der Waals surface area (Å²) >= 11 is 18.0. The summed E-state index contributed by atoms with van der Waals surface area (Å²) in [4.78, 5) is 4.14. The molecule has 2 rings (SSSR count). The van der Waals surface area contributed by atoms with Crippen LogP contribution in [0.1, 0.15) is 11.6 Å². The van der Waals surface area contributed by atoms with Crippen LogP contribution < -0.4 is 15.4 Å². The second-order valence-corrected chi connectivity index (χ2v) is 6.37. The van der Waals surface area contributed by atoms with Crippen LogP contribution >= 0.6 is 34.8 Å². The number of ether oxygens (including phenoxy) is 1. The van der Waals surface area contributed by atoms with Crippen LogP contribution in [0.2, 0.25) is 15.1 Å². The maximum absolute atomic E-state index is 6.07. The number of aryl methyl sites for hydroxylation is 1. The Hall–Kier alpha value is -1.70. The third-order valence-corrected chi connectivity index (χ3v) is 4.20. The molecule has 0 unspecified atom stereocenters. The van der Waals surface area contributed by atoms with E-state index in [-0.39, 0.29) is 0 Å². The highest BCUT2D eigenvalue weighted by molar-refractivity contribution is 6.40. The zero-order chi connectivity index (χ0) is 18.4. The van der Waals surface area contributed by atoms with Crippen LogP contribution in [-0.2, 0) is 13.6 Å². The Bertz CT molecular complexity index is 739. The molecule has 0 amide bonds. The van der Waals surface area contributed by atoms with Gasteiger partial charge in [-0.1, -0.05) is 34.8 Å². The molecule has 0 aliphatic heterocycles. The average Bonchev–Trinajstić information content (AvgIpc) is 2.87. The highest BCUT2D eigenvalue weighted by atomic mass is 35.5. The Labute approximate surface area is 161 Å². The lowest BCUT2D eigenvalue weighted by Crippen LogP contribution is -2.39. The van der Waals surface area contributed by atoms with Gasteiger partial charge in [0.1, 0.15) is 12.4 Å². The van der Waals surface area contributed by atoms with Crippen molar-refractivity contribution in [2.75, 3.05) is 20.2 Å². The molecular weight excluding hydrogens is 387 g/mol. The zero-order valence-corrected chi connectivity index (χ0v) is 16.4. The van der Waals surface area contributed by atoms with Gasteiger partial charge in [-0.2, -0.15) is 0 Å². The van der Waals surface area contributed by atoms with Crippen LogP contribution in [0.15, 0.2) is 17.1 Å². The van der Waals surface area contributed by atoms with Crippen molar-refractivity contribution in [3.63, 3.8) is 0 Å². The summed E-state index contributed by atoms with van der Waals surface area (Å²) in [5.74, 6) is 2.70. The van der Waals surface area contributed by atoms with Gasteiger partial charge in [0.15, 0.2) is 17.5 Å². The van der Waals surface area contributed by atoms with Gasteiger partial charge in [-0.3, -0.25) is 4.99 Å². The third-order valence-electron chi connectivity index (χ3n) is 3.42. The van der Waals surface area contributed by atoms with Gasteiger partial charge in [0, 0.05) is 19.1 Å². The molecule has 1 heterocycles. The summed E-state index contributed by atoms with van der Waals surface area (Å²) in [6.07, 6.45) is 0. The van der Waals surface area contributed by atoms with E-state index in [4.69, 9.17) is 39.5 Å². The fourth-order valence-corrected chi connectivity index (χ4v) is 2.90. The third kappa shape index (κ3) is 5.39. The van der Waals surface area contributed by atoms with Gasteiger partial charge in [0.05, 0.1) is 23.1 Å². The molecule has 0 saturated carbocycles. The number of benzene rings is 1. The van der Waals surface area contributed by atoms with Crippen molar-refractivity contribution < 1.29 is 4.74 Å². The molecule has 2 N–H and O–H groups in total. The molecule has 136 valence electrons. The lowest BCUT2D eigenvalue weighted by atomic mass is 10.3. The summed E-state index contributed by atoms with van der Waals surface area (Å²) < 4.78 is 7.52. The molecule has 0 bridgehead atoms. The Morgan fingerprint density at radius 3 is 2.44 bits per heavy atom. The molecule has 25 heavy (non-hydrogen) atoms. The monoisotopic (exact) mass is 404 g/mol. The number of aromatic nitrogens is 3. The van der Waals surface area contributed by atoms with Gasteiger partial charge >= 0.3 is 0 Å². The van der Waals surface area contributed by atoms with Crippen LogP contribution in [0.25, 0.3) is 0 Å². The van der Waals surface area contributed by atoms with E-state index in [1.807, 2.05) is 18.5 Å². The van der Waals surface area contributed by atoms with Gasteiger partial charge in [0.25, 0.3) is 0 Å². The predicted molar refractivity (Wildman–Crippen MR) is 101 cm³/mol. The van der Waals surface area contributed by atoms with Crippen molar-refractivity contribution in [1.82, 2.24) is 25.4 Å². The Kier molecular flexibility index (Phi) is 7.16. The normalized spacial score (nSPS) is 11.5. The van der Waals surface area contributed by atoms with E-state index in [1.165, 1.54) is 0 Å². The first-order valence-corrected chi connectivity index (χ1v) is 8.62. The standard InChI is InChI=1S/C15H19Cl3N6O/c1-9-22-23-13(24(9)3)8-21-15(19-2)20-4-5-25-14-11(17)6-10(16)7-12(14)18/h6-7H,4-5,8H2,1-3H3,(H2,19,20,21). The van der Waals surface area contributed by atoms with Gasteiger partial charge in [0.2, 0.25) is 0 Å². The minimum atomic E-state index is 0.352. The number of rotatable bonds is 6. The maximum Gasteiger partial charge on any atom is 0.191 e. The first-order chi connectivity index (χ1) is 11.9. The fraction of sp³-hybridized carbons (Fsp3) is 0.400. The van der Waals surface area contributed by atoms with E-state index in [0.717, 1.165) is 11.6 Å². The van der Waals surface area contributed by atoms with Crippen molar-refractivity contribution in [1.29, 1.82) is 0 Å². The molecular formula is C15H19Cl3N6O. The SMILES string of the molecule is CN=C(NCCOc1c(Cl)cc(Cl)cc1Cl)NCc1nnc(C)n1C. The van der Waals surface area contributed by atoms with Gasteiger partial charge in [-0.15, -0.1) is 10.2 Å². The molecule has 0 fully saturated rings. The Morgan fingerprint density at radius 2 is 1.88 bits per heavy atom. The molecule has 7 nitrogen and oxygen atoms in total. The van der Waals surface area contributed by atoms with Crippen LogP contribution in [-0.4, -0.2) is 40.9 Å². The number of aliphatic imine (C=N–C) groups is 1. The van der Waals surface area contributed by atoms with Crippen molar-refractivity contribution in [2.24, 2.45) is 12.0 Å². The molecule has 0 spiro atoms. The first kappa shape index (κ1) is 19.6. The van der Waals surface area contributed by atoms with Gasteiger partial charge < -0.3 is 19.9 Å². The van der Waals surface area contributed by atoms with Crippen LogP contribution in [0, 0.1) is 6.92 Å². The molecule has 2 aromatic rings. The highest BCUT2D eigenvalue weighted by Crippen LogP contribution is 2.35. The van der Waals surface area contributed by atoms with Gasteiger partial charge in [-0.25, -0.2) is 0 Å². The number of guanidine groups is 1. The van der Waals surface area contributed by atoms with Crippen molar-refractivity contribution in [3.05, 3.63) is 38.8 Å². The average molecular weight is 406 g/mol. The lowest BCUT2D eigenvalue weighted by molar-refractivity contribution is 0.322. The quantitative estimate of drug-likeness (QED) is 0.439. The van der Waals surface area contributed by atoms with E-state index in [9.17, 15) is 0 Å². The Balaban J connectivity index is 1.79. The van der Waals surface area contributed by atoms with Gasteiger partial charge in [-0.05, 0) is 19.1 Å². The van der Waals surface area contributed by atoms with Crippen molar-refractivity contribution in [2.45, 2.75) is 13.5 Å². The summed E-state index contributed by atoms with van der Waals surface area (Å²) in [6, 6.07) is 3.17. The molecule has 0 aliphatic carbocycles. The summed E-state index contributed by atoms with van der Waals surface area (Å²) in [5, 5.41) is 15.6. The van der Waals surface area contributed by atoms with Crippen LogP contribution in [0.3, 0.4) is 0 Å². The second-order valence-electron chi connectivity index (χ2n) is 5.12. The molecule has 1 aromatic carbocycles. The van der Waals surface area contributed by atoms with Crippen LogP contribution in [0.5, 0.6) is 5.75 Å². The zero-order valence-electron chi connectivity index (χ0n) is 14.1. The summed E-state index contributed by atoms with van der Waals surface area (Å²) in [7, 11) is 3.60. The molecule has 0 aliphatic rings. The molecule has 0 atom stereocenters. The van der Waals surface area contributed by atoms with Crippen molar-refractivity contribution >= 4 is 40.8 Å². The number of hydrogen-bond donors (Lipinski definition) is 2. The number of nitrogens with zero attached hydrogens (tertiary/aromatic N) is 4. The second kappa shape index (κ2) is 9.12. The topological polar surface area (TPSA) is 76.4 Å². The lowest BCUT2D eigenvalue weighted by Gasteiger charge is -2.13. The maximum atomic E-state index is 6.07. The van der Waals surface area contributed by atoms with E-state index in [0.29, 0.717) is 46.5 Å². The van der Waals surface area contributed by atoms with E-state index in [1.54, 1.807) is 19.2 Å². The first-order valence-electron chi connectivity index (χ1n) is 7.49. The molecule has 0 saturated heterocycles. The predicted octanol–water partition coefficient (Wildman–Crippen LogP) is 2.83. The fourth-order valence-electron chi connectivity index (χ4n) is 1.98. The summed E-state index contributed by atoms with van der Waals surface area (Å²) in [6.45, 7) is 3.26. The molecule has 10 heteroatoms. The van der Waals surface area contributed by atoms with E-state index in [2.05, 4.69) is 25.8 Å². The smallest absolute Gasteiger partial charge is 0.191 e. The molecule has 0 radical (unpaired) electrons. The number of halogens is 3. The van der Waals surface area contributed by atoms with Crippen LogP contribution in [0.4, 0.5) is 0 Å². The largest absolute Gasteiger partial charge is 0.489 e. The molecule has 1 aromatic heterocycles. The van der Waals surface area contributed by atoms with Crippen molar-refractivity contribution in [3.8, 4) is 5.75 Å². The number of hydrogen-bond acceptors (Lipinski definition) is 4. The summed E-state index contributed by atoms with van der Waals surface area (Å²) in [5.41, 5.74) is 0. The highest BCUT2D eigenvalue weighted by Gasteiger charge is 2.09. The number of nitrogens with one attached hydrogen (secondary N) is 2. The van der Waals surface area contributed by atoms with E-state index < -0.39 is 0 Å². The minimum Gasteiger partial charge on any atom is -0.489 e. The Morgan fingerprint density at radius 1 is 1.20 bits per heavy atom.